The SMILES string of the molecule is Nc1ccc(COC2CCCC2)cc1. The number of benzene rings is 1. The second kappa shape index (κ2) is 4.47. The summed E-state index contributed by atoms with van der Waals surface area (Å²) in [6.45, 7) is 0.727. The molecule has 14 heavy (non-hydrogen) atoms. The van der Waals surface area contributed by atoms with Gasteiger partial charge in [0.25, 0.3) is 0 Å². The molecule has 0 heterocycles. The number of nitrogen functional groups attached to an aromatic ring is 1. The van der Waals surface area contributed by atoms with E-state index in [-0.39, 0.29) is 0 Å². The van der Waals surface area contributed by atoms with E-state index in [1.807, 2.05) is 24.3 Å². The van der Waals surface area contributed by atoms with Crippen LogP contribution in [0.1, 0.15) is 31.2 Å². The average molecular weight is 191 g/mol. The zero-order chi connectivity index (χ0) is 9.80. The molecule has 0 unspecified atom stereocenters. The number of hydrogen-bond donors (Lipinski definition) is 1. The molecule has 0 bridgehead atoms. The van der Waals surface area contributed by atoms with Gasteiger partial charge in [-0.1, -0.05) is 25.0 Å². The third kappa shape index (κ3) is 2.48. The minimum absolute atomic E-state index is 0.493. The van der Waals surface area contributed by atoms with Crippen LogP contribution in [0.25, 0.3) is 0 Å². The molecule has 2 nitrogen and oxygen atoms in total. The lowest BCUT2D eigenvalue weighted by Crippen LogP contribution is -2.06. The van der Waals surface area contributed by atoms with E-state index in [9.17, 15) is 0 Å². The van der Waals surface area contributed by atoms with Crippen molar-refractivity contribution in [1.82, 2.24) is 0 Å². The average Bonchev–Trinajstić information content (AvgIpc) is 2.70. The van der Waals surface area contributed by atoms with Gasteiger partial charge < -0.3 is 10.5 Å². The summed E-state index contributed by atoms with van der Waals surface area (Å²) in [5.41, 5.74) is 7.63. The van der Waals surface area contributed by atoms with Crippen molar-refractivity contribution in [2.24, 2.45) is 0 Å². The van der Waals surface area contributed by atoms with Gasteiger partial charge in [-0.05, 0) is 30.5 Å². The monoisotopic (exact) mass is 191 g/mol. The molecular weight excluding hydrogens is 174 g/mol. The van der Waals surface area contributed by atoms with Crippen LogP contribution in [0.3, 0.4) is 0 Å². The fourth-order valence-electron chi connectivity index (χ4n) is 1.88. The van der Waals surface area contributed by atoms with Crippen LogP contribution < -0.4 is 5.73 Å². The van der Waals surface area contributed by atoms with Crippen LogP contribution in [0.15, 0.2) is 24.3 Å². The molecule has 1 aromatic carbocycles. The van der Waals surface area contributed by atoms with Gasteiger partial charge in [-0.15, -0.1) is 0 Å². The normalized spacial score (nSPS) is 17.4. The number of anilines is 1. The molecule has 1 aliphatic rings. The summed E-state index contributed by atoms with van der Waals surface area (Å²) >= 11 is 0. The molecule has 2 rings (SSSR count). The molecule has 0 saturated heterocycles. The molecule has 1 fully saturated rings. The molecule has 0 aromatic heterocycles. The lowest BCUT2D eigenvalue weighted by molar-refractivity contribution is 0.0457. The maximum absolute atomic E-state index is 5.79. The van der Waals surface area contributed by atoms with Gasteiger partial charge in [-0.3, -0.25) is 0 Å². The Bertz CT molecular complexity index is 275. The van der Waals surface area contributed by atoms with E-state index in [2.05, 4.69) is 0 Å². The van der Waals surface area contributed by atoms with E-state index >= 15 is 0 Å². The molecule has 0 amide bonds. The van der Waals surface area contributed by atoms with Crippen LogP contribution in [0.5, 0.6) is 0 Å². The summed E-state index contributed by atoms with van der Waals surface area (Å²) in [4.78, 5) is 0. The van der Waals surface area contributed by atoms with Crippen molar-refractivity contribution >= 4 is 5.69 Å². The predicted molar refractivity (Wildman–Crippen MR) is 57.9 cm³/mol. The summed E-state index contributed by atoms with van der Waals surface area (Å²) in [6, 6.07) is 7.91. The summed E-state index contributed by atoms with van der Waals surface area (Å²) in [6.07, 6.45) is 5.61. The second-order valence-electron chi connectivity index (χ2n) is 3.96. The molecule has 1 aromatic rings. The first-order valence-electron chi connectivity index (χ1n) is 5.30. The van der Waals surface area contributed by atoms with Gasteiger partial charge in [0.1, 0.15) is 0 Å². The predicted octanol–water partition coefficient (Wildman–Crippen LogP) is 2.73. The van der Waals surface area contributed by atoms with E-state index in [0.717, 1.165) is 12.3 Å². The van der Waals surface area contributed by atoms with Crippen molar-refractivity contribution < 1.29 is 4.74 Å². The first-order chi connectivity index (χ1) is 6.84. The third-order valence-corrected chi connectivity index (χ3v) is 2.77. The van der Waals surface area contributed by atoms with Gasteiger partial charge in [0.05, 0.1) is 12.7 Å². The minimum atomic E-state index is 0.493. The lowest BCUT2D eigenvalue weighted by Gasteiger charge is -2.10. The second-order valence-corrected chi connectivity index (χ2v) is 3.96. The van der Waals surface area contributed by atoms with Crippen LogP contribution >= 0.6 is 0 Å². The van der Waals surface area contributed by atoms with E-state index in [0.29, 0.717) is 6.10 Å². The van der Waals surface area contributed by atoms with Gasteiger partial charge in [-0.25, -0.2) is 0 Å². The number of ether oxygens (including phenoxy) is 1. The fraction of sp³-hybridized carbons (Fsp3) is 0.500. The Morgan fingerprint density at radius 2 is 1.79 bits per heavy atom. The molecule has 0 radical (unpaired) electrons. The highest BCUT2D eigenvalue weighted by molar-refractivity contribution is 5.39. The summed E-state index contributed by atoms with van der Waals surface area (Å²) < 4.78 is 5.79. The van der Waals surface area contributed by atoms with E-state index < -0.39 is 0 Å². The fourth-order valence-corrected chi connectivity index (χ4v) is 1.88. The Balaban J connectivity index is 1.82. The molecule has 2 heteroatoms. The van der Waals surface area contributed by atoms with Crippen molar-refractivity contribution in [2.45, 2.75) is 38.4 Å². The summed E-state index contributed by atoms with van der Waals surface area (Å²) in [7, 11) is 0. The molecule has 0 aliphatic heterocycles. The van der Waals surface area contributed by atoms with Gasteiger partial charge >= 0.3 is 0 Å². The molecule has 1 aliphatic carbocycles. The van der Waals surface area contributed by atoms with Crippen molar-refractivity contribution in [3.05, 3.63) is 29.8 Å². The van der Waals surface area contributed by atoms with Crippen LogP contribution in [-0.2, 0) is 11.3 Å². The van der Waals surface area contributed by atoms with Crippen molar-refractivity contribution in [3.63, 3.8) is 0 Å². The zero-order valence-electron chi connectivity index (χ0n) is 8.41. The smallest absolute Gasteiger partial charge is 0.0720 e. The first-order valence-corrected chi connectivity index (χ1v) is 5.30. The van der Waals surface area contributed by atoms with Crippen LogP contribution in [0, 0.1) is 0 Å². The van der Waals surface area contributed by atoms with Gasteiger partial charge in [0.15, 0.2) is 0 Å². The first kappa shape index (κ1) is 9.53. The highest BCUT2D eigenvalue weighted by Crippen LogP contribution is 2.22. The van der Waals surface area contributed by atoms with Crippen molar-refractivity contribution in [2.75, 3.05) is 5.73 Å². The standard InChI is InChI=1S/C12H17NO/c13-11-7-5-10(6-8-11)9-14-12-3-1-2-4-12/h5-8,12H,1-4,9,13H2. The topological polar surface area (TPSA) is 35.2 Å². The van der Waals surface area contributed by atoms with Gasteiger partial charge in [0.2, 0.25) is 0 Å². The van der Waals surface area contributed by atoms with E-state index in [1.165, 1.54) is 31.2 Å². The van der Waals surface area contributed by atoms with Gasteiger partial charge in [-0.2, -0.15) is 0 Å². The molecule has 0 atom stereocenters. The van der Waals surface area contributed by atoms with Gasteiger partial charge in [0, 0.05) is 5.69 Å². The highest BCUT2D eigenvalue weighted by atomic mass is 16.5. The molecule has 76 valence electrons. The molecular formula is C12H17NO. The Labute approximate surface area is 85.1 Å². The highest BCUT2D eigenvalue weighted by Gasteiger charge is 2.14. The number of hydrogen-bond acceptors (Lipinski definition) is 2. The maximum Gasteiger partial charge on any atom is 0.0720 e. The van der Waals surface area contributed by atoms with E-state index in [4.69, 9.17) is 10.5 Å². The number of rotatable bonds is 3. The number of nitrogens with two attached hydrogens (primary N) is 1. The Hall–Kier alpha value is -1.02. The lowest BCUT2D eigenvalue weighted by atomic mass is 10.2. The quantitative estimate of drug-likeness (QED) is 0.745. The Kier molecular flexibility index (Phi) is 3.04. The largest absolute Gasteiger partial charge is 0.399 e. The molecule has 0 spiro atoms. The molecule has 1 saturated carbocycles. The minimum Gasteiger partial charge on any atom is -0.399 e. The van der Waals surface area contributed by atoms with Crippen molar-refractivity contribution in [3.8, 4) is 0 Å². The van der Waals surface area contributed by atoms with Crippen LogP contribution in [-0.4, -0.2) is 6.10 Å². The van der Waals surface area contributed by atoms with Crippen LogP contribution in [0.2, 0.25) is 0 Å². The Morgan fingerprint density at radius 1 is 1.14 bits per heavy atom. The van der Waals surface area contributed by atoms with Crippen molar-refractivity contribution in [1.29, 1.82) is 0 Å². The third-order valence-electron chi connectivity index (χ3n) is 2.77. The zero-order valence-corrected chi connectivity index (χ0v) is 8.41. The van der Waals surface area contributed by atoms with Crippen LogP contribution in [0.4, 0.5) is 5.69 Å². The summed E-state index contributed by atoms with van der Waals surface area (Å²) in [5, 5.41) is 0. The Morgan fingerprint density at radius 3 is 2.43 bits per heavy atom. The maximum atomic E-state index is 5.79. The summed E-state index contributed by atoms with van der Waals surface area (Å²) in [5.74, 6) is 0. The molecule has 2 N–H and O–H groups in total. The van der Waals surface area contributed by atoms with E-state index in [1.54, 1.807) is 0 Å².